The average molecular weight is 385 g/mol. The number of benzene rings is 1. The zero-order valence-corrected chi connectivity index (χ0v) is 17.1. The van der Waals surface area contributed by atoms with Crippen molar-refractivity contribution in [1.82, 2.24) is 4.90 Å². The molecule has 150 valence electrons. The number of hydrogen-bond acceptors (Lipinski definition) is 5. The number of hydrogen-bond donors (Lipinski definition) is 0. The Morgan fingerprint density at radius 2 is 1.82 bits per heavy atom. The highest BCUT2D eigenvalue weighted by atomic mass is 16.7. The molecule has 1 aromatic rings. The van der Waals surface area contributed by atoms with E-state index >= 15 is 0 Å². The van der Waals surface area contributed by atoms with Gasteiger partial charge in [0.1, 0.15) is 6.61 Å². The smallest absolute Gasteiger partial charge is 0.445 e. The van der Waals surface area contributed by atoms with Gasteiger partial charge in [-0.15, -0.1) is 0 Å². The Hall–Kier alpha value is -1.83. The quantitative estimate of drug-likeness (QED) is 0.747. The molecule has 0 saturated carbocycles. The minimum absolute atomic E-state index is 0.249. The van der Waals surface area contributed by atoms with Crippen molar-refractivity contribution in [2.24, 2.45) is 0 Å². The number of ether oxygens (including phenoxy) is 2. The third kappa shape index (κ3) is 3.15. The van der Waals surface area contributed by atoms with Crippen molar-refractivity contribution in [1.29, 1.82) is 0 Å². The Morgan fingerprint density at radius 1 is 1.14 bits per heavy atom. The predicted octanol–water partition coefficient (Wildman–Crippen LogP) is 3.36. The topological polar surface area (TPSA) is 57.2 Å². The number of carbonyl (C=O) groups excluding carboxylic acids is 1. The fourth-order valence-electron chi connectivity index (χ4n) is 4.04. The van der Waals surface area contributed by atoms with Gasteiger partial charge in [-0.25, -0.2) is 4.79 Å². The number of carbonyl (C=O) groups is 1. The summed E-state index contributed by atoms with van der Waals surface area (Å²) in [5.74, 6) is 0. The van der Waals surface area contributed by atoms with Crippen molar-refractivity contribution in [3.8, 4) is 0 Å². The van der Waals surface area contributed by atoms with E-state index < -0.39 is 23.9 Å². The lowest BCUT2D eigenvalue weighted by Crippen LogP contribution is -2.53. The molecule has 6 nitrogen and oxygen atoms in total. The molecular weight excluding hydrogens is 357 g/mol. The van der Waals surface area contributed by atoms with Crippen LogP contribution in [0.1, 0.15) is 39.7 Å². The highest BCUT2D eigenvalue weighted by molar-refractivity contribution is 6.55. The maximum Gasteiger partial charge on any atom is 0.492 e. The Labute approximate surface area is 166 Å². The monoisotopic (exact) mass is 385 g/mol. The third-order valence-corrected chi connectivity index (χ3v) is 6.48. The lowest BCUT2D eigenvalue weighted by Gasteiger charge is -2.36. The molecule has 2 saturated heterocycles. The summed E-state index contributed by atoms with van der Waals surface area (Å²) in [4.78, 5) is 14.7. The van der Waals surface area contributed by atoms with Crippen LogP contribution < -0.4 is 0 Å². The molecule has 3 heterocycles. The largest absolute Gasteiger partial charge is 0.492 e. The normalized spacial score (nSPS) is 28.1. The molecule has 0 radical (unpaired) electrons. The maximum atomic E-state index is 12.9. The van der Waals surface area contributed by atoms with Crippen molar-refractivity contribution >= 4 is 13.2 Å². The SMILES string of the molecule is CC1(C)OB(C2=CCN(C(=O)OCc3ccccc3)C23CCOC3)OC1(C)C. The highest BCUT2D eigenvalue weighted by Crippen LogP contribution is 2.46. The second kappa shape index (κ2) is 6.90. The average Bonchev–Trinajstić information content (AvgIpc) is 3.32. The van der Waals surface area contributed by atoms with Crippen LogP contribution in [0.4, 0.5) is 4.79 Å². The summed E-state index contributed by atoms with van der Waals surface area (Å²) < 4.78 is 23.9. The Morgan fingerprint density at radius 3 is 2.43 bits per heavy atom. The van der Waals surface area contributed by atoms with Crippen molar-refractivity contribution < 1.29 is 23.6 Å². The maximum absolute atomic E-state index is 12.9. The zero-order valence-electron chi connectivity index (χ0n) is 17.1. The van der Waals surface area contributed by atoms with Crippen molar-refractivity contribution in [3.05, 3.63) is 47.4 Å². The molecule has 1 amide bonds. The molecule has 0 aliphatic carbocycles. The van der Waals surface area contributed by atoms with Gasteiger partial charge in [0, 0.05) is 13.2 Å². The molecule has 1 unspecified atom stereocenters. The summed E-state index contributed by atoms with van der Waals surface area (Å²) in [6.07, 6.45) is 2.42. The molecule has 2 fully saturated rings. The standard InChI is InChI=1S/C21H28BNO5/c1-19(2)20(3,4)28-22(27-19)17-10-12-23(21(17)11-13-25-15-21)18(24)26-14-16-8-6-5-7-9-16/h5-10H,11-15H2,1-4H3. The van der Waals surface area contributed by atoms with Gasteiger partial charge in [-0.1, -0.05) is 36.4 Å². The summed E-state index contributed by atoms with van der Waals surface area (Å²) in [5.41, 5.74) is 0.515. The molecule has 0 N–H and O–H groups in total. The third-order valence-electron chi connectivity index (χ3n) is 6.48. The minimum Gasteiger partial charge on any atom is -0.445 e. The van der Waals surface area contributed by atoms with E-state index in [-0.39, 0.29) is 12.7 Å². The van der Waals surface area contributed by atoms with E-state index in [0.717, 1.165) is 11.0 Å². The lowest BCUT2D eigenvalue weighted by atomic mass is 9.67. The van der Waals surface area contributed by atoms with E-state index in [9.17, 15) is 4.79 Å². The molecule has 4 rings (SSSR count). The van der Waals surface area contributed by atoms with Crippen LogP contribution in [0.25, 0.3) is 0 Å². The summed E-state index contributed by atoms with van der Waals surface area (Å²) in [7, 11) is -0.487. The summed E-state index contributed by atoms with van der Waals surface area (Å²) >= 11 is 0. The van der Waals surface area contributed by atoms with Crippen LogP contribution in [-0.4, -0.2) is 54.6 Å². The summed E-state index contributed by atoms with van der Waals surface area (Å²) in [5, 5.41) is 0. The van der Waals surface area contributed by atoms with Crippen LogP contribution in [0.3, 0.4) is 0 Å². The van der Waals surface area contributed by atoms with E-state index in [4.69, 9.17) is 18.8 Å². The van der Waals surface area contributed by atoms with Crippen molar-refractivity contribution in [2.75, 3.05) is 19.8 Å². The van der Waals surface area contributed by atoms with Crippen LogP contribution in [-0.2, 0) is 25.4 Å². The van der Waals surface area contributed by atoms with Crippen LogP contribution in [0.15, 0.2) is 41.9 Å². The number of nitrogens with zero attached hydrogens (tertiary/aromatic N) is 1. The zero-order chi connectivity index (χ0) is 20.0. The van der Waals surface area contributed by atoms with Gasteiger partial charge < -0.3 is 18.8 Å². The Bertz CT molecular complexity index is 754. The number of rotatable bonds is 3. The first-order chi connectivity index (χ1) is 13.3. The first kappa shape index (κ1) is 19.5. The Kier molecular flexibility index (Phi) is 4.80. The van der Waals surface area contributed by atoms with Gasteiger partial charge >= 0.3 is 13.2 Å². The van der Waals surface area contributed by atoms with E-state index in [1.165, 1.54) is 0 Å². The molecule has 1 spiro atoms. The second-order valence-electron chi connectivity index (χ2n) is 8.73. The van der Waals surface area contributed by atoms with Crippen molar-refractivity contribution in [2.45, 2.75) is 57.5 Å². The van der Waals surface area contributed by atoms with Crippen LogP contribution in [0, 0.1) is 0 Å². The van der Waals surface area contributed by atoms with Crippen molar-refractivity contribution in [3.63, 3.8) is 0 Å². The van der Waals surface area contributed by atoms with Crippen LogP contribution in [0.2, 0.25) is 0 Å². The van der Waals surface area contributed by atoms with Gasteiger partial charge in [0.25, 0.3) is 0 Å². The fraction of sp³-hybridized carbons (Fsp3) is 0.571. The van der Waals surface area contributed by atoms with Gasteiger partial charge in [0.05, 0.1) is 23.3 Å². The van der Waals surface area contributed by atoms with E-state index in [1.807, 2.05) is 64.1 Å². The molecular formula is C21H28BNO5. The molecule has 1 aromatic carbocycles. The van der Waals surface area contributed by atoms with E-state index in [1.54, 1.807) is 4.90 Å². The molecule has 1 atom stereocenters. The molecule has 3 aliphatic rings. The van der Waals surface area contributed by atoms with Crippen LogP contribution in [0.5, 0.6) is 0 Å². The number of amides is 1. The van der Waals surface area contributed by atoms with Gasteiger partial charge in [-0.2, -0.15) is 0 Å². The predicted molar refractivity (Wildman–Crippen MR) is 106 cm³/mol. The van der Waals surface area contributed by atoms with E-state index in [2.05, 4.69) is 0 Å². The molecule has 7 heteroatoms. The summed E-state index contributed by atoms with van der Waals surface area (Å²) in [6.45, 7) is 9.88. The molecule has 0 aromatic heterocycles. The molecule has 0 bridgehead atoms. The molecule has 3 aliphatic heterocycles. The van der Waals surface area contributed by atoms with Gasteiger partial charge in [-0.05, 0) is 45.2 Å². The lowest BCUT2D eigenvalue weighted by molar-refractivity contribution is 0.00578. The van der Waals surface area contributed by atoms with Gasteiger partial charge in [0.15, 0.2) is 0 Å². The first-order valence-corrected chi connectivity index (χ1v) is 9.87. The van der Waals surface area contributed by atoms with Gasteiger partial charge in [0.2, 0.25) is 0 Å². The first-order valence-electron chi connectivity index (χ1n) is 9.87. The van der Waals surface area contributed by atoms with Gasteiger partial charge in [-0.3, -0.25) is 4.90 Å². The summed E-state index contributed by atoms with van der Waals surface area (Å²) in [6, 6.07) is 9.70. The van der Waals surface area contributed by atoms with Crippen LogP contribution >= 0.6 is 0 Å². The highest BCUT2D eigenvalue weighted by Gasteiger charge is 2.60. The fourth-order valence-corrected chi connectivity index (χ4v) is 4.04. The Balaban J connectivity index is 1.51. The van der Waals surface area contributed by atoms with E-state index in [0.29, 0.717) is 26.2 Å². The minimum atomic E-state index is -0.561. The molecule has 28 heavy (non-hydrogen) atoms. The second-order valence-corrected chi connectivity index (χ2v) is 8.73.